The van der Waals surface area contributed by atoms with E-state index in [4.69, 9.17) is 28.4 Å². The lowest BCUT2D eigenvalue weighted by Gasteiger charge is -2.24. The van der Waals surface area contributed by atoms with E-state index in [0.717, 1.165) is 0 Å². The molecule has 2 rings (SSSR count). The molecule has 0 amide bonds. The van der Waals surface area contributed by atoms with Gasteiger partial charge in [0.1, 0.15) is 0 Å². The highest BCUT2D eigenvalue weighted by molar-refractivity contribution is 5.96. The van der Waals surface area contributed by atoms with Gasteiger partial charge in [-0.05, 0) is 19.9 Å². The Hall–Kier alpha value is -3.24. The number of methoxy groups -OCH3 is 2. The molecule has 11 nitrogen and oxygen atoms in total. The van der Waals surface area contributed by atoms with Gasteiger partial charge in [0, 0.05) is 10.5 Å². The maximum absolute atomic E-state index is 12.6. The van der Waals surface area contributed by atoms with E-state index in [9.17, 15) is 19.7 Å². The van der Waals surface area contributed by atoms with Gasteiger partial charge in [-0.15, -0.1) is 0 Å². The lowest BCUT2D eigenvalue weighted by molar-refractivity contribution is -0.484. The number of hydrogen-bond donors (Lipinski definition) is 0. The van der Waals surface area contributed by atoms with Gasteiger partial charge in [0.2, 0.25) is 24.8 Å². The average Bonchev–Trinajstić information content (AvgIpc) is 3.14. The first-order chi connectivity index (χ1) is 13.9. The van der Waals surface area contributed by atoms with Crippen LogP contribution in [0.1, 0.15) is 25.3 Å². The summed E-state index contributed by atoms with van der Waals surface area (Å²) in [4.78, 5) is 35.9. The normalized spacial score (nSPS) is 13.0. The van der Waals surface area contributed by atoms with Crippen LogP contribution >= 0.6 is 0 Å². The third-order valence-electron chi connectivity index (χ3n) is 4.24. The van der Waals surface area contributed by atoms with Crippen LogP contribution in [0.25, 0.3) is 0 Å². The van der Waals surface area contributed by atoms with Crippen molar-refractivity contribution in [3.63, 3.8) is 0 Å². The maximum Gasteiger partial charge on any atom is 0.321 e. The Morgan fingerprint density at radius 1 is 1.10 bits per heavy atom. The molecule has 1 atom stereocenters. The maximum atomic E-state index is 12.6. The van der Waals surface area contributed by atoms with Crippen molar-refractivity contribution in [1.82, 2.24) is 0 Å². The van der Waals surface area contributed by atoms with Gasteiger partial charge in [-0.25, -0.2) is 0 Å². The minimum absolute atomic E-state index is 0.0124. The number of fused-ring (bicyclic) bond motifs is 1. The fraction of sp³-hybridized carbons (Fsp3) is 0.556. The standard InChI is InChI=1S/C18H23NO10/c1-5-26-17(20)13(18(21)27-6-2)11(8-19(22)23)10-7-12-15(29-9-28-12)16(25-4)14(10)24-3/h7,11,13H,5-6,8-9H2,1-4H3. The molecule has 1 unspecified atom stereocenters. The molecule has 0 spiro atoms. The predicted octanol–water partition coefficient (Wildman–Crippen LogP) is 1.54. The summed E-state index contributed by atoms with van der Waals surface area (Å²) >= 11 is 0. The second-order valence-electron chi connectivity index (χ2n) is 5.87. The van der Waals surface area contributed by atoms with Crippen molar-refractivity contribution in [2.75, 3.05) is 40.8 Å². The summed E-state index contributed by atoms with van der Waals surface area (Å²) in [7, 11) is 2.69. The smallest absolute Gasteiger partial charge is 0.321 e. The van der Waals surface area contributed by atoms with E-state index >= 15 is 0 Å². The second kappa shape index (κ2) is 9.80. The molecule has 0 radical (unpaired) electrons. The Balaban J connectivity index is 2.68. The fourth-order valence-corrected chi connectivity index (χ4v) is 3.12. The molecule has 1 aliphatic rings. The molecule has 11 heteroatoms. The molecule has 0 aliphatic carbocycles. The first kappa shape index (κ1) is 22.1. The quantitative estimate of drug-likeness (QED) is 0.241. The van der Waals surface area contributed by atoms with E-state index in [0.29, 0.717) is 0 Å². The monoisotopic (exact) mass is 413 g/mol. The van der Waals surface area contributed by atoms with E-state index < -0.39 is 35.2 Å². The lowest BCUT2D eigenvalue weighted by Crippen LogP contribution is -2.36. The number of esters is 2. The molecule has 0 bridgehead atoms. The van der Waals surface area contributed by atoms with Gasteiger partial charge in [-0.2, -0.15) is 0 Å². The third kappa shape index (κ3) is 4.61. The number of nitrogens with zero attached hydrogens (tertiary/aromatic N) is 1. The van der Waals surface area contributed by atoms with Gasteiger partial charge in [0.05, 0.1) is 33.4 Å². The fourth-order valence-electron chi connectivity index (χ4n) is 3.12. The highest BCUT2D eigenvalue weighted by atomic mass is 16.7. The van der Waals surface area contributed by atoms with Crippen LogP contribution in [-0.4, -0.2) is 57.6 Å². The molecule has 1 heterocycles. The minimum atomic E-state index is -1.58. The molecule has 0 fully saturated rings. The molecule has 0 saturated carbocycles. The summed E-state index contributed by atoms with van der Waals surface area (Å²) in [6, 6.07) is 1.43. The molecular formula is C18H23NO10. The highest BCUT2D eigenvalue weighted by Gasteiger charge is 2.44. The van der Waals surface area contributed by atoms with Crippen LogP contribution in [0.5, 0.6) is 23.0 Å². The molecule has 0 N–H and O–H groups in total. The number of rotatable bonds is 10. The second-order valence-corrected chi connectivity index (χ2v) is 5.87. The van der Waals surface area contributed by atoms with Crippen molar-refractivity contribution < 1.29 is 42.9 Å². The zero-order valence-electron chi connectivity index (χ0n) is 16.6. The van der Waals surface area contributed by atoms with Crippen LogP contribution in [0.3, 0.4) is 0 Å². The zero-order valence-corrected chi connectivity index (χ0v) is 16.6. The molecule has 0 saturated heterocycles. The topological polar surface area (TPSA) is 133 Å². The summed E-state index contributed by atoms with van der Waals surface area (Å²) in [5.74, 6) is -3.98. The Labute approximate surface area is 166 Å². The first-order valence-electron chi connectivity index (χ1n) is 8.88. The first-order valence-corrected chi connectivity index (χ1v) is 8.88. The Bertz CT molecular complexity index is 760. The van der Waals surface area contributed by atoms with Gasteiger partial charge in [0.15, 0.2) is 17.4 Å². The summed E-state index contributed by atoms with van der Waals surface area (Å²) in [5, 5.41) is 11.4. The van der Waals surface area contributed by atoms with Gasteiger partial charge < -0.3 is 28.4 Å². The third-order valence-corrected chi connectivity index (χ3v) is 4.24. The van der Waals surface area contributed by atoms with Crippen LogP contribution in [0, 0.1) is 16.0 Å². The summed E-state index contributed by atoms with van der Waals surface area (Å²) in [5.41, 5.74) is 0.163. The molecule has 160 valence electrons. The summed E-state index contributed by atoms with van der Waals surface area (Å²) < 4.78 is 31.5. The van der Waals surface area contributed by atoms with Crippen LogP contribution in [0.2, 0.25) is 0 Å². The Kier molecular flexibility index (Phi) is 7.46. The number of ether oxygens (including phenoxy) is 6. The van der Waals surface area contributed by atoms with Crippen molar-refractivity contribution in [3.05, 3.63) is 21.7 Å². The van der Waals surface area contributed by atoms with E-state index in [-0.39, 0.29) is 48.6 Å². The zero-order chi connectivity index (χ0) is 21.6. The van der Waals surface area contributed by atoms with Gasteiger partial charge in [-0.1, -0.05) is 0 Å². The van der Waals surface area contributed by atoms with Crippen LogP contribution in [0.4, 0.5) is 0 Å². The van der Waals surface area contributed by atoms with Crippen LogP contribution in [0.15, 0.2) is 6.07 Å². The molecule has 29 heavy (non-hydrogen) atoms. The highest BCUT2D eigenvalue weighted by Crippen LogP contribution is 2.51. The van der Waals surface area contributed by atoms with Gasteiger partial charge >= 0.3 is 11.9 Å². The number of carbonyl (C=O) groups excluding carboxylic acids is 2. The SMILES string of the molecule is CCOC(=O)C(C(=O)OCC)C(C[N+](=O)[O-])c1cc2c(c(OC)c1OC)OCO2. The largest absolute Gasteiger partial charge is 0.492 e. The van der Waals surface area contributed by atoms with E-state index in [1.807, 2.05) is 0 Å². The van der Waals surface area contributed by atoms with Crippen molar-refractivity contribution in [3.8, 4) is 23.0 Å². The predicted molar refractivity (Wildman–Crippen MR) is 97.0 cm³/mol. The Morgan fingerprint density at radius 2 is 1.69 bits per heavy atom. The number of nitro groups is 1. The van der Waals surface area contributed by atoms with Gasteiger partial charge in [0.25, 0.3) is 0 Å². The van der Waals surface area contributed by atoms with E-state index in [1.165, 1.54) is 20.3 Å². The number of benzene rings is 1. The lowest BCUT2D eigenvalue weighted by atomic mass is 9.84. The van der Waals surface area contributed by atoms with Crippen molar-refractivity contribution >= 4 is 11.9 Å². The van der Waals surface area contributed by atoms with Crippen molar-refractivity contribution in [2.24, 2.45) is 5.92 Å². The minimum Gasteiger partial charge on any atom is -0.492 e. The number of carbonyl (C=O) groups is 2. The van der Waals surface area contributed by atoms with Crippen LogP contribution in [-0.2, 0) is 19.1 Å². The van der Waals surface area contributed by atoms with Crippen LogP contribution < -0.4 is 18.9 Å². The summed E-state index contributed by atoms with van der Waals surface area (Å²) in [6.45, 7) is 2.25. The van der Waals surface area contributed by atoms with Crippen molar-refractivity contribution in [2.45, 2.75) is 19.8 Å². The summed E-state index contributed by atoms with van der Waals surface area (Å²) in [6.07, 6.45) is 0. The van der Waals surface area contributed by atoms with E-state index in [1.54, 1.807) is 13.8 Å². The molecule has 1 aromatic rings. The molecular weight excluding hydrogens is 390 g/mol. The average molecular weight is 413 g/mol. The Morgan fingerprint density at radius 3 is 2.17 bits per heavy atom. The molecule has 1 aliphatic heterocycles. The molecule has 1 aromatic carbocycles. The van der Waals surface area contributed by atoms with Crippen molar-refractivity contribution in [1.29, 1.82) is 0 Å². The van der Waals surface area contributed by atoms with E-state index in [2.05, 4.69) is 0 Å². The number of hydrogen-bond acceptors (Lipinski definition) is 10. The van der Waals surface area contributed by atoms with Gasteiger partial charge in [-0.3, -0.25) is 19.7 Å². The molecule has 0 aromatic heterocycles.